The van der Waals surface area contributed by atoms with Gasteiger partial charge in [0.25, 0.3) is 5.82 Å². The number of oxazole rings is 1. The van der Waals surface area contributed by atoms with Crippen LogP contribution in [0.3, 0.4) is 0 Å². The van der Waals surface area contributed by atoms with Crippen LogP contribution >= 0.6 is 0 Å². The summed E-state index contributed by atoms with van der Waals surface area (Å²) in [6, 6.07) is 0. The molecular formula is C18H28N5O2+. The van der Waals surface area contributed by atoms with Crippen molar-refractivity contribution in [3.8, 4) is 11.7 Å². The molecule has 0 aliphatic rings. The number of aryl methyl sites for hydroxylation is 1. The largest absolute Gasteiger partial charge is 0.417 e. The lowest BCUT2D eigenvalue weighted by atomic mass is 10.1. The lowest BCUT2D eigenvalue weighted by molar-refractivity contribution is -0.369. The summed E-state index contributed by atoms with van der Waals surface area (Å²) in [6.45, 7) is 10.2. The normalized spacial score (nSPS) is 11.4. The second-order valence-electron chi connectivity index (χ2n) is 7.24. The van der Waals surface area contributed by atoms with Crippen LogP contribution in [0.15, 0.2) is 16.9 Å². The molecule has 2 rings (SSSR count). The number of carbonyl (C=O) groups excluding carboxylic acids is 1. The summed E-state index contributed by atoms with van der Waals surface area (Å²) < 4.78 is 5.40. The van der Waals surface area contributed by atoms with E-state index in [4.69, 9.17) is 4.42 Å². The van der Waals surface area contributed by atoms with Gasteiger partial charge >= 0.3 is 5.89 Å². The van der Waals surface area contributed by atoms with Crippen LogP contribution in [0.5, 0.6) is 0 Å². The van der Waals surface area contributed by atoms with E-state index < -0.39 is 0 Å². The summed E-state index contributed by atoms with van der Waals surface area (Å²) in [4.78, 5) is 26.3. The topological polar surface area (TPSA) is 85.4 Å². The molecule has 136 valence electrons. The number of amides is 1. The van der Waals surface area contributed by atoms with Crippen molar-refractivity contribution in [2.75, 3.05) is 18.5 Å². The van der Waals surface area contributed by atoms with Gasteiger partial charge in [0.1, 0.15) is 5.82 Å². The fourth-order valence-corrected chi connectivity index (χ4v) is 2.61. The van der Waals surface area contributed by atoms with E-state index in [0.717, 1.165) is 29.9 Å². The molecule has 2 N–H and O–H groups in total. The predicted octanol–water partition coefficient (Wildman–Crippen LogP) is 2.16. The first-order valence-corrected chi connectivity index (χ1v) is 8.56. The van der Waals surface area contributed by atoms with E-state index in [9.17, 15) is 4.79 Å². The first kappa shape index (κ1) is 18.9. The molecule has 0 unspecified atom stereocenters. The van der Waals surface area contributed by atoms with E-state index in [1.807, 2.05) is 39.6 Å². The summed E-state index contributed by atoms with van der Waals surface area (Å²) in [5, 5.41) is 2.97. The summed E-state index contributed by atoms with van der Waals surface area (Å²) in [5.74, 6) is 1.70. The lowest BCUT2D eigenvalue weighted by Crippen LogP contribution is -2.45. The van der Waals surface area contributed by atoms with Crippen LogP contribution in [-0.4, -0.2) is 35.0 Å². The van der Waals surface area contributed by atoms with Crippen LogP contribution in [-0.2, 0) is 11.2 Å². The Labute approximate surface area is 148 Å². The van der Waals surface area contributed by atoms with Gasteiger partial charge < -0.3 is 14.6 Å². The van der Waals surface area contributed by atoms with Gasteiger partial charge in [0.15, 0.2) is 6.26 Å². The molecule has 0 fully saturated rings. The summed E-state index contributed by atoms with van der Waals surface area (Å²) >= 11 is 0. The molecule has 0 radical (unpaired) electrons. The molecule has 2 heterocycles. The van der Waals surface area contributed by atoms with E-state index in [0.29, 0.717) is 11.7 Å². The number of nitrogens with one attached hydrogen (secondary N) is 2. The minimum atomic E-state index is -0.264. The van der Waals surface area contributed by atoms with Crippen molar-refractivity contribution < 1.29 is 14.2 Å². The summed E-state index contributed by atoms with van der Waals surface area (Å²) in [7, 11) is 1.86. The number of anilines is 1. The molecule has 2 aromatic rings. The highest BCUT2D eigenvalue weighted by Gasteiger charge is 2.22. The molecule has 2 aromatic heterocycles. The van der Waals surface area contributed by atoms with Gasteiger partial charge in [-0.2, -0.15) is 4.98 Å². The van der Waals surface area contributed by atoms with Crippen LogP contribution in [0.4, 0.5) is 5.82 Å². The smallest absolute Gasteiger partial charge is 0.404 e. The lowest BCUT2D eigenvalue weighted by Gasteiger charge is -2.25. The van der Waals surface area contributed by atoms with Crippen molar-refractivity contribution in [2.24, 2.45) is 0 Å². The molecule has 0 atom stereocenters. The van der Waals surface area contributed by atoms with E-state index in [1.165, 1.54) is 0 Å². The van der Waals surface area contributed by atoms with Crippen molar-refractivity contribution in [3.63, 3.8) is 0 Å². The van der Waals surface area contributed by atoms with Gasteiger partial charge in [0.2, 0.25) is 12.1 Å². The van der Waals surface area contributed by atoms with Gasteiger partial charge in [-0.15, -0.1) is 0 Å². The van der Waals surface area contributed by atoms with Gasteiger partial charge in [-0.25, -0.2) is 9.97 Å². The van der Waals surface area contributed by atoms with Crippen LogP contribution in [0.2, 0.25) is 0 Å². The number of nitrogens with zero attached hydrogens (tertiary/aromatic N) is 3. The Morgan fingerprint density at radius 3 is 2.64 bits per heavy atom. The van der Waals surface area contributed by atoms with Crippen molar-refractivity contribution in [1.29, 1.82) is 0 Å². The Morgan fingerprint density at radius 2 is 2.08 bits per heavy atom. The number of H-pyrrole nitrogens is 1. The second-order valence-corrected chi connectivity index (χ2v) is 7.24. The summed E-state index contributed by atoms with van der Waals surface area (Å²) in [6.07, 6.45) is 5.07. The quantitative estimate of drug-likeness (QED) is 0.866. The van der Waals surface area contributed by atoms with Crippen molar-refractivity contribution in [1.82, 2.24) is 15.3 Å². The maximum atomic E-state index is 12.3. The standard InChI is InChI=1S/C18H27N5O2/c1-7-8-13-12(2)16(21-15(20-13)17-19-9-10-25-17)23(6)11-14(24)22-18(3,4)5/h9-10H,7-8,11H2,1-6H3,(H,22,24)/p+1. The average Bonchev–Trinajstić information content (AvgIpc) is 3.01. The van der Waals surface area contributed by atoms with Gasteiger partial charge in [0, 0.05) is 23.8 Å². The zero-order valence-corrected chi connectivity index (χ0v) is 15.9. The second kappa shape index (κ2) is 7.63. The molecule has 0 spiro atoms. The Hall–Kier alpha value is -2.44. The minimum Gasteiger partial charge on any atom is -0.404 e. The molecule has 0 saturated carbocycles. The minimum absolute atomic E-state index is 0.0452. The molecule has 0 aliphatic carbocycles. The zero-order valence-electron chi connectivity index (χ0n) is 15.9. The van der Waals surface area contributed by atoms with Gasteiger partial charge in [-0.05, 0) is 34.1 Å². The van der Waals surface area contributed by atoms with E-state index >= 15 is 0 Å². The first-order chi connectivity index (χ1) is 11.7. The molecule has 0 aromatic carbocycles. The molecule has 1 amide bonds. The molecule has 7 nitrogen and oxygen atoms in total. The number of likely N-dealkylation sites (N-methyl/N-ethyl adjacent to an activating group) is 1. The van der Waals surface area contributed by atoms with E-state index in [2.05, 4.69) is 27.2 Å². The third kappa shape index (κ3) is 5.01. The van der Waals surface area contributed by atoms with Crippen LogP contribution in [0.25, 0.3) is 11.7 Å². The highest BCUT2D eigenvalue weighted by atomic mass is 16.3. The molecular weight excluding hydrogens is 318 g/mol. The van der Waals surface area contributed by atoms with Gasteiger partial charge in [-0.1, -0.05) is 13.3 Å². The summed E-state index contributed by atoms with van der Waals surface area (Å²) in [5.41, 5.74) is 1.69. The third-order valence-electron chi connectivity index (χ3n) is 3.64. The number of rotatable bonds is 6. The van der Waals surface area contributed by atoms with Gasteiger partial charge in [-0.3, -0.25) is 4.79 Å². The number of aromatic nitrogens is 3. The monoisotopic (exact) mass is 346 g/mol. The molecule has 0 aliphatic heterocycles. The van der Waals surface area contributed by atoms with Crippen molar-refractivity contribution in [3.05, 3.63) is 23.7 Å². The maximum absolute atomic E-state index is 12.3. The van der Waals surface area contributed by atoms with Crippen LogP contribution in [0, 0.1) is 6.92 Å². The number of aromatic amines is 1. The SMILES string of the molecule is CCCc1nc(-c2[nH+]cco2)nc(N(C)CC(=O)NC(C)(C)C)c1C. The fourth-order valence-electron chi connectivity index (χ4n) is 2.61. The fraction of sp³-hybridized carbons (Fsp3) is 0.556. The number of carbonyl (C=O) groups is 1. The van der Waals surface area contributed by atoms with E-state index in [1.54, 1.807) is 12.5 Å². The Bertz CT molecular complexity index is 720. The Morgan fingerprint density at radius 1 is 1.36 bits per heavy atom. The van der Waals surface area contributed by atoms with E-state index in [-0.39, 0.29) is 18.0 Å². The maximum Gasteiger partial charge on any atom is 0.417 e. The average molecular weight is 346 g/mol. The highest BCUT2D eigenvalue weighted by molar-refractivity contribution is 5.81. The first-order valence-electron chi connectivity index (χ1n) is 8.56. The third-order valence-corrected chi connectivity index (χ3v) is 3.64. The van der Waals surface area contributed by atoms with Gasteiger partial charge in [0.05, 0.1) is 6.54 Å². The molecule has 7 heteroatoms. The highest BCUT2D eigenvalue weighted by Crippen LogP contribution is 2.23. The van der Waals surface area contributed by atoms with Crippen LogP contribution in [0.1, 0.15) is 45.4 Å². The van der Waals surface area contributed by atoms with Crippen molar-refractivity contribution in [2.45, 2.75) is 53.0 Å². The zero-order chi connectivity index (χ0) is 18.6. The molecule has 25 heavy (non-hydrogen) atoms. The number of hydrogen-bond donors (Lipinski definition) is 1. The Kier molecular flexibility index (Phi) is 5.77. The Balaban J connectivity index is 2.33. The van der Waals surface area contributed by atoms with Crippen LogP contribution < -0.4 is 15.2 Å². The molecule has 0 bridgehead atoms. The number of hydrogen-bond acceptors (Lipinski definition) is 5. The van der Waals surface area contributed by atoms with Crippen molar-refractivity contribution >= 4 is 11.7 Å². The molecule has 0 saturated heterocycles. The predicted molar refractivity (Wildman–Crippen MR) is 96.2 cm³/mol.